The van der Waals surface area contributed by atoms with Crippen LogP contribution in [0, 0.1) is 11.3 Å². The Kier molecular flexibility index (Phi) is 11.7. The van der Waals surface area contributed by atoms with E-state index in [0.717, 1.165) is 29.5 Å². The fourth-order valence-corrected chi connectivity index (χ4v) is 4.16. The average Bonchev–Trinajstić information content (AvgIpc) is 3.69. The highest BCUT2D eigenvalue weighted by Gasteiger charge is 2.36. The van der Waals surface area contributed by atoms with Crippen LogP contribution in [0.25, 0.3) is 5.57 Å². The van der Waals surface area contributed by atoms with Crippen LogP contribution in [0.3, 0.4) is 0 Å². The summed E-state index contributed by atoms with van der Waals surface area (Å²) >= 11 is 0. The first kappa shape index (κ1) is 28.6. The van der Waals surface area contributed by atoms with Crippen molar-refractivity contribution in [2.45, 2.75) is 71.6 Å². The molecular formula is C31H38N2O3. The first-order valence-corrected chi connectivity index (χ1v) is 13.0. The molecule has 0 radical (unpaired) electrons. The number of benzene rings is 2. The fourth-order valence-electron chi connectivity index (χ4n) is 4.16. The molecule has 0 saturated heterocycles. The first-order valence-electron chi connectivity index (χ1n) is 13.0. The summed E-state index contributed by atoms with van der Waals surface area (Å²) in [5, 5.41) is 14.2. The van der Waals surface area contributed by atoms with Crippen LogP contribution in [0.2, 0.25) is 0 Å². The molecule has 1 fully saturated rings. The van der Waals surface area contributed by atoms with Crippen LogP contribution in [-0.4, -0.2) is 17.7 Å². The second-order valence-electron chi connectivity index (χ2n) is 8.11. The minimum atomic E-state index is -0.504. The van der Waals surface area contributed by atoms with Gasteiger partial charge in [0.1, 0.15) is 5.76 Å². The van der Waals surface area contributed by atoms with Crippen molar-refractivity contribution in [2.24, 2.45) is 0 Å². The van der Waals surface area contributed by atoms with E-state index in [-0.39, 0.29) is 30.1 Å². The summed E-state index contributed by atoms with van der Waals surface area (Å²) in [4.78, 5) is 12.6. The fraction of sp³-hybridized carbons (Fsp3) is 0.387. The summed E-state index contributed by atoms with van der Waals surface area (Å²) < 4.78 is 10.8. The van der Waals surface area contributed by atoms with E-state index in [1.807, 2.05) is 88.4 Å². The Labute approximate surface area is 215 Å². The summed E-state index contributed by atoms with van der Waals surface area (Å²) in [6.07, 6.45) is 2.50. The lowest BCUT2D eigenvalue weighted by molar-refractivity contribution is 0.0514. The molecule has 1 aliphatic carbocycles. The number of hydrogen-bond donors (Lipinski definition) is 0. The van der Waals surface area contributed by atoms with Gasteiger partial charge in [0.2, 0.25) is 0 Å². The van der Waals surface area contributed by atoms with E-state index < -0.39 is 5.97 Å². The van der Waals surface area contributed by atoms with Gasteiger partial charge < -0.3 is 9.26 Å². The molecule has 4 rings (SSSR count). The lowest BCUT2D eigenvalue weighted by Gasteiger charge is -2.24. The van der Waals surface area contributed by atoms with E-state index in [9.17, 15) is 10.1 Å². The molecule has 3 aromatic rings. The maximum absolute atomic E-state index is 12.6. The van der Waals surface area contributed by atoms with E-state index in [1.165, 1.54) is 0 Å². The molecule has 2 aromatic carbocycles. The molecule has 0 amide bonds. The molecule has 36 heavy (non-hydrogen) atoms. The van der Waals surface area contributed by atoms with Crippen LogP contribution < -0.4 is 0 Å². The van der Waals surface area contributed by atoms with Gasteiger partial charge in [-0.05, 0) is 42.9 Å². The lowest BCUT2D eigenvalue weighted by Crippen LogP contribution is -2.13. The summed E-state index contributed by atoms with van der Waals surface area (Å²) in [5.74, 6) is -0.0549. The number of nitriles is 1. The van der Waals surface area contributed by atoms with Crippen molar-refractivity contribution in [2.75, 3.05) is 6.61 Å². The number of esters is 1. The van der Waals surface area contributed by atoms with Gasteiger partial charge >= 0.3 is 5.97 Å². The molecule has 0 bridgehead atoms. The zero-order valence-electron chi connectivity index (χ0n) is 22.2. The first-order chi connectivity index (χ1) is 17.6. The summed E-state index contributed by atoms with van der Waals surface area (Å²) in [6, 6.07) is 22.3. The maximum Gasteiger partial charge on any atom is 0.361 e. The normalized spacial score (nSPS) is 13.6. The molecular weight excluding hydrogens is 448 g/mol. The van der Waals surface area contributed by atoms with Crippen LogP contribution in [0.1, 0.15) is 105 Å². The van der Waals surface area contributed by atoms with Crippen molar-refractivity contribution in [1.82, 2.24) is 5.16 Å². The number of aromatic nitrogens is 1. The SMILES string of the molecule is C=C(CC(c1ccccc1)C(C#N)c1ccccc1)c1c(C(=O)OCC)noc1C1CC1.CC.CC. The van der Waals surface area contributed by atoms with Crippen molar-refractivity contribution in [1.29, 1.82) is 5.26 Å². The molecule has 5 nitrogen and oxygen atoms in total. The Balaban J connectivity index is 0.00000109. The number of carbonyl (C=O) groups is 1. The van der Waals surface area contributed by atoms with Gasteiger partial charge in [-0.1, -0.05) is 100 Å². The number of rotatable bonds is 9. The number of carbonyl (C=O) groups excluding carboxylic acids is 1. The van der Waals surface area contributed by atoms with Gasteiger partial charge in [0.25, 0.3) is 0 Å². The number of nitrogens with zero attached hydrogens (tertiary/aromatic N) is 2. The highest BCUT2D eigenvalue weighted by Crippen LogP contribution is 2.46. The largest absolute Gasteiger partial charge is 0.461 e. The molecule has 2 atom stereocenters. The third-order valence-electron chi connectivity index (χ3n) is 5.88. The zero-order valence-corrected chi connectivity index (χ0v) is 22.2. The third-order valence-corrected chi connectivity index (χ3v) is 5.88. The van der Waals surface area contributed by atoms with Crippen LogP contribution in [0.5, 0.6) is 0 Å². The third kappa shape index (κ3) is 6.95. The lowest BCUT2D eigenvalue weighted by atomic mass is 9.77. The average molecular weight is 487 g/mol. The highest BCUT2D eigenvalue weighted by atomic mass is 16.5. The molecule has 0 spiro atoms. The van der Waals surface area contributed by atoms with Crippen LogP contribution in [0.15, 0.2) is 71.8 Å². The van der Waals surface area contributed by atoms with Gasteiger partial charge in [-0.15, -0.1) is 0 Å². The number of ether oxygens (including phenoxy) is 1. The topological polar surface area (TPSA) is 76.1 Å². The van der Waals surface area contributed by atoms with Crippen molar-refractivity contribution >= 4 is 11.5 Å². The quantitative estimate of drug-likeness (QED) is 0.284. The van der Waals surface area contributed by atoms with E-state index in [4.69, 9.17) is 9.26 Å². The Morgan fingerprint density at radius 2 is 1.61 bits per heavy atom. The van der Waals surface area contributed by atoms with E-state index in [0.29, 0.717) is 17.7 Å². The molecule has 190 valence electrons. The predicted molar refractivity (Wildman–Crippen MR) is 145 cm³/mol. The van der Waals surface area contributed by atoms with Crippen LogP contribution >= 0.6 is 0 Å². The van der Waals surface area contributed by atoms with Crippen molar-refractivity contribution in [3.8, 4) is 6.07 Å². The monoisotopic (exact) mass is 486 g/mol. The molecule has 1 aliphatic rings. The van der Waals surface area contributed by atoms with Gasteiger partial charge in [-0.3, -0.25) is 0 Å². The van der Waals surface area contributed by atoms with Crippen molar-refractivity contribution < 1.29 is 14.1 Å². The van der Waals surface area contributed by atoms with Crippen LogP contribution in [-0.2, 0) is 4.74 Å². The van der Waals surface area contributed by atoms with Gasteiger partial charge in [-0.25, -0.2) is 4.79 Å². The van der Waals surface area contributed by atoms with E-state index >= 15 is 0 Å². The summed E-state index contributed by atoms with van der Waals surface area (Å²) in [6.45, 7) is 14.3. The number of hydrogen-bond acceptors (Lipinski definition) is 5. The van der Waals surface area contributed by atoms with E-state index in [1.54, 1.807) is 6.92 Å². The molecule has 0 aliphatic heterocycles. The van der Waals surface area contributed by atoms with Gasteiger partial charge in [0, 0.05) is 11.8 Å². The Bertz CT molecular complexity index is 1130. The minimum absolute atomic E-state index is 0.145. The van der Waals surface area contributed by atoms with Crippen LogP contribution in [0.4, 0.5) is 0 Å². The minimum Gasteiger partial charge on any atom is -0.461 e. The van der Waals surface area contributed by atoms with Gasteiger partial charge in [-0.2, -0.15) is 5.26 Å². The number of allylic oxidation sites excluding steroid dienone is 1. The Morgan fingerprint density at radius 3 is 2.11 bits per heavy atom. The molecule has 1 heterocycles. The molecule has 1 saturated carbocycles. The van der Waals surface area contributed by atoms with Gasteiger partial charge in [0.15, 0.2) is 5.69 Å². The standard InChI is InChI=1S/C27H26N2O3.2C2H6/c1-3-31-27(30)25-24(26(32-29-25)21-14-15-21)18(2)16-22(19-10-6-4-7-11-19)23(17-28)20-12-8-5-9-13-20;2*1-2/h4-13,21-23H,2-3,14-16H2,1H3;2*1-2H3. The zero-order chi connectivity index (χ0) is 26.5. The second-order valence-corrected chi connectivity index (χ2v) is 8.11. The summed E-state index contributed by atoms with van der Waals surface area (Å²) in [5.41, 5.74) is 3.57. The second kappa shape index (κ2) is 14.7. The van der Waals surface area contributed by atoms with Gasteiger partial charge in [0.05, 0.1) is 24.2 Å². The van der Waals surface area contributed by atoms with Crippen molar-refractivity contribution in [3.63, 3.8) is 0 Å². The molecule has 2 unspecified atom stereocenters. The maximum atomic E-state index is 12.6. The van der Waals surface area contributed by atoms with Crippen molar-refractivity contribution in [3.05, 3.63) is 95.4 Å². The summed E-state index contributed by atoms with van der Waals surface area (Å²) in [7, 11) is 0. The molecule has 5 heteroatoms. The Morgan fingerprint density at radius 1 is 1.06 bits per heavy atom. The predicted octanol–water partition coefficient (Wildman–Crippen LogP) is 8.28. The van der Waals surface area contributed by atoms with E-state index in [2.05, 4.69) is 17.8 Å². The Hall–Kier alpha value is -3.65. The highest BCUT2D eigenvalue weighted by molar-refractivity contribution is 5.93. The molecule has 1 aromatic heterocycles. The molecule has 0 N–H and O–H groups in total. The smallest absolute Gasteiger partial charge is 0.361 e.